The van der Waals surface area contributed by atoms with E-state index in [4.69, 9.17) is 18.9 Å². The summed E-state index contributed by atoms with van der Waals surface area (Å²) in [6.07, 6.45) is 3.81. The van der Waals surface area contributed by atoms with Crippen molar-refractivity contribution in [3.63, 3.8) is 0 Å². The number of benzene rings is 12. The minimum absolute atomic E-state index is 0. The summed E-state index contributed by atoms with van der Waals surface area (Å²) >= 11 is 0. The molecule has 0 aromatic heterocycles. The third-order valence-electron chi connectivity index (χ3n) is 19.5. The molecule has 0 aliphatic rings. The average Bonchev–Trinajstić information content (AvgIpc) is 0.818. The van der Waals surface area contributed by atoms with Crippen LogP contribution >= 0.6 is 0 Å². The maximum Gasteiger partial charge on any atom is 0.119 e. The van der Waals surface area contributed by atoms with Gasteiger partial charge in [0.2, 0.25) is 0 Å². The fourth-order valence-electron chi connectivity index (χ4n) is 13.6. The van der Waals surface area contributed by atoms with E-state index in [9.17, 15) is 5.11 Å². The van der Waals surface area contributed by atoms with Gasteiger partial charge in [-0.2, -0.15) is 0 Å². The molecule has 0 radical (unpaired) electrons. The highest BCUT2D eigenvalue weighted by Gasteiger charge is 2.19. The van der Waals surface area contributed by atoms with Gasteiger partial charge in [-0.15, -0.1) is 0 Å². The number of hydrogen-bond acceptors (Lipinski definition) is 9. The van der Waals surface area contributed by atoms with Crippen molar-refractivity contribution in [1.82, 2.24) is 19.6 Å². The number of rotatable bonds is 32. The summed E-state index contributed by atoms with van der Waals surface area (Å²) in [6.45, 7) is 17.4. The van der Waals surface area contributed by atoms with Crippen LogP contribution in [-0.2, 0) is 0 Å². The Balaban J connectivity index is 0.000000191. The summed E-state index contributed by atoms with van der Waals surface area (Å²) in [7, 11) is 16.4. The average molecular weight is 1530 g/mol. The summed E-state index contributed by atoms with van der Waals surface area (Å²) < 4.78 is 23.5. The van der Waals surface area contributed by atoms with Crippen molar-refractivity contribution in [2.24, 2.45) is 0 Å². The first-order valence-corrected chi connectivity index (χ1v) is 40.2. The van der Waals surface area contributed by atoms with Crippen LogP contribution in [0.4, 0.5) is 0 Å². The van der Waals surface area contributed by atoms with Crippen molar-refractivity contribution in [2.45, 2.75) is 67.7 Å². The van der Waals surface area contributed by atoms with Crippen LogP contribution in [0, 0.1) is 6.92 Å². The maximum atomic E-state index is 9.74. The molecular weight excluding hydrogens is 1410 g/mol. The Hall–Kier alpha value is -11.6. The molecule has 0 fully saturated rings. The molecule has 0 saturated carbocycles. The van der Waals surface area contributed by atoms with Crippen molar-refractivity contribution < 1.29 is 24.1 Å². The normalized spacial score (nSPS) is 11.9. The molecule has 0 aliphatic carbocycles. The summed E-state index contributed by atoms with van der Waals surface area (Å²) in [5.41, 5.74) is 26.3. The standard InChI is InChI=1S/C27H31NO.C26H29NO2.2C26H29NO.CH4/c1-5-26(22-11-7-6-8-12-22)27(24-13-9-10-21(2)20-24)23-14-16-25(17-15-23)29-19-18-28(3)4;1-4-25(20-8-6-5-7-9-20)26(21-10-14-23(28)15-11-21)22-12-16-24(17-13-22)29-19-18-27(2)3;2*1-4-25(21-11-7-5-8-12-21)26(22-13-9-6-10-14-22)23-15-17-24(18-16-23)28-20-19-27(2)3;/h6-17,20H,5,18-19H2,1-4H3;5-17,28H,4,18-19H2,1-3H3;2*5-18H,4,19-20H2,1-3H3;1H4. The van der Waals surface area contributed by atoms with Gasteiger partial charge in [-0.25, -0.2) is 0 Å². The highest BCUT2D eigenvalue weighted by atomic mass is 16.5. The number of aryl methyl sites for hydroxylation is 1. The topological polar surface area (TPSA) is 70.1 Å². The fraction of sp³-hybridized carbons (Fsp3) is 0.245. The molecule has 0 aliphatic heterocycles. The van der Waals surface area contributed by atoms with Gasteiger partial charge in [0, 0.05) is 26.2 Å². The molecule has 0 spiro atoms. The molecule has 115 heavy (non-hydrogen) atoms. The lowest BCUT2D eigenvalue weighted by Crippen LogP contribution is -2.19. The lowest BCUT2D eigenvalue weighted by molar-refractivity contribution is 0.261. The zero-order valence-electron chi connectivity index (χ0n) is 69.5. The van der Waals surface area contributed by atoms with Gasteiger partial charge < -0.3 is 43.7 Å². The molecule has 0 unspecified atom stereocenters. The van der Waals surface area contributed by atoms with Gasteiger partial charge in [-0.1, -0.05) is 308 Å². The van der Waals surface area contributed by atoms with Gasteiger partial charge in [-0.05, 0) is 261 Å². The predicted octanol–water partition coefficient (Wildman–Crippen LogP) is 24.6. The smallest absolute Gasteiger partial charge is 0.119 e. The van der Waals surface area contributed by atoms with E-state index in [1.54, 1.807) is 12.1 Å². The van der Waals surface area contributed by atoms with E-state index in [-0.39, 0.29) is 13.2 Å². The van der Waals surface area contributed by atoms with E-state index in [1.165, 1.54) is 106 Å². The lowest BCUT2D eigenvalue weighted by atomic mass is 9.88. The Morgan fingerprint density at radius 2 is 0.426 bits per heavy atom. The van der Waals surface area contributed by atoms with Crippen LogP contribution in [0.5, 0.6) is 28.7 Å². The second-order valence-corrected chi connectivity index (χ2v) is 29.1. The Morgan fingerprint density at radius 1 is 0.235 bits per heavy atom. The van der Waals surface area contributed by atoms with Crippen LogP contribution in [0.25, 0.3) is 44.6 Å². The van der Waals surface area contributed by atoms with Gasteiger partial charge in [0.15, 0.2) is 0 Å². The predicted molar refractivity (Wildman–Crippen MR) is 491 cm³/mol. The lowest BCUT2D eigenvalue weighted by Gasteiger charge is -2.17. The van der Waals surface area contributed by atoms with Crippen molar-refractivity contribution in [2.75, 3.05) is 109 Å². The molecule has 596 valence electrons. The fourth-order valence-corrected chi connectivity index (χ4v) is 13.6. The molecule has 0 atom stereocenters. The maximum absolute atomic E-state index is 9.74. The number of hydrogen-bond donors (Lipinski definition) is 1. The summed E-state index contributed by atoms with van der Waals surface area (Å²) in [6, 6.07) is 114. The number of phenols is 1. The van der Waals surface area contributed by atoms with Gasteiger partial charge in [0.05, 0.1) is 0 Å². The van der Waals surface area contributed by atoms with E-state index < -0.39 is 0 Å². The van der Waals surface area contributed by atoms with E-state index >= 15 is 0 Å². The Kier molecular flexibility index (Phi) is 37.0. The first-order chi connectivity index (χ1) is 55.5. The van der Waals surface area contributed by atoms with Crippen LogP contribution in [-0.4, -0.2) is 134 Å². The first kappa shape index (κ1) is 89.0. The molecule has 9 nitrogen and oxygen atoms in total. The van der Waals surface area contributed by atoms with Crippen molar-refractivity contribution in [3.05, 3.63) is 400 Å². The number of allylic oxidation sites excluding steroid dienone is 4. The summed E-state index contributed by atoms with van der Waals surface area (Å²) in [5.74, 6) is 3.89. The van der Waals surface area contributed by atoms with Crippen LogP contribution in [0.1, 0.15) is 133 Å². The Labute approximate surface area is 689 Å². The second kappa shape index (κ2) is 47.8. The minimum Gasteiger partial charge on any atom is -0.508 e. The number of ether oxygens (including phenoxy) is 4. The molecule has 0 amide bonds. The monoisotopic (exact) mass is 1530 g/mol. The SMILES string of the molecule is C.CCC(=C(c1ccc(O)cc1)c1ccc(OCCN(C)C)cc1)c1ccccc1.CCC(=C(c1ccc(OCCN(C)C)cc1)c1cccc(C)c1)c1ccccc1.CCC(=C(c1ccccc1)c1ccc(OCCN(C)C)cc1)c1ccccc1.CCC(=C(c1ccccc1)c1ccc(OCCN(C)C)cc1)c1ccccc1. The third kappa shape index (κ3) is 27.9. The number of nitrogens with zero attached hydrogens (tertiary/aromatic N) is 4. The molecular formula is C106H122N4O5. The summed E-state index contributed by atoms with van der Waals surface area (Å²) in [5, 5.41) is 9.74. The Bertz CT molecular complexity index is 4730. The molecule has 12 aromatic rings. The summed E-state index contributed by atoms with van der Waals surface area (Å²) in [4.78, 5) is 8.48. The number of aromatic hydroxyl groups is 1. The Morgan fingerprint density at radius 3 is 0.635 bits per heavy atom. The molecule has 9 heteroatoms. The molecule has 12 aromatic carbocycles. The van der Waals surface area contributed by atoms with Crippen LogP contribution in [0.2, 0.25) is 0 Å². The van der Waals surface area contributed by atoms with Gasteiger partial charge >= 0.3 is 0 Å². The van der Waals surface area contributed by atoms with Gasteiger partial charge in [-0.3, -0.25) is 0 Å². The third-order valence-corrected chi connectivity index (χ3v) is 19.5. The van der Waals surface area contributed by atoms with Crippen molar-refractivity contribution in [3.8, 4) is 28.7 Å². The molecule has 0 saturated heterocycles. The van der Waals surface area contributed by atoms with Crippen LogP contribution in [0.15, 0.2) is 328 Å². The highest BCUT2D eigenvalue weighted by Crippen LogP contribution is 2.40. The van der Waals surface area contributed by atoms with E-state index in [0.29, 0.717) is 26.4 Å². The van der Waals surface area contributed by atoms with Gasteiger partial charge in [0.1, 0.15) is 55.2 Å². The first-order valence-electron chi connectivity index (χ1n) is 40.2. The highest BCUT2D eigenvalue weighted by molar-refractivity contribution is 6.02. The quantitative estimate of drug-likeness (QED) is 0.0415. The molecule has 1 N–H and O–H groups in total. The molecule has 0 bridgehead atoms. The van der Waals surface area contributed by atoms with Crippen molar-refractivity contribution in [1.29, 1.82) is 0 Å². The van der Waals surface area contributed by atoms with Crippen LogP contribution < -0.4 is 18.9 Å². The number of phenolic OH excluding ortho intramolecular Hbond substituents is 1. The zero-order valence-corrected chi connectivity index (χ0v) is 69.5. The number of likely N-dealkylation sites (N-methyl/N-ethyl adjacent to an activating group) is 4. The minimum atomic E-state index is 0. The second-order valence-electron chi connectivity index (χ2n) is 29.1. The zero-order chi connectivity index (χ0) is 80.8. The van der Waals surface area contributed by atoms with Crippen molar-refractivity contribution >= 4 is 44.6 Å². The molecule has 0 heterocycles. The van der Waals surface area contributed by atoms with E-state index in [0.717, 1.165) is 86.0 Å². The van der Waals surface area contributed by atoms with E-state index in [1.807, 2.05) is 44.4 Å². The van der Waals surface area contributed by atoms with Crippen LogP contribution in [0.3, 0.4) is 0 Å². The largest absolute Gasteiger partial charge is 0.508 e. The van der Waals surface area contributed by atoms with Gasteiger partial charge in [0.25, 0.3) is 0 Å². The molecule has 12 rings (SSSR count). The van der Waals surface area contributed by atoms with E-state index in [2.05, 4.69) is 382 Å².